The highest BCUT2D eigenvalue weighted by Gasteiger charge is 2.13. The summed E-state index contributed by atoms with van der Waals surface area (Å²) in [7, 11) is 0. The SMILES string of the molecule is CC(C)(C)c1ccc(Cn2ccc(C(=O)O)cc2=O)cc1. The normalized spacial score (nSPS) is 11.4. The Morgan fingerprint density at radius 2 is 1.76 bits per heavy atom. The molecular weight excluding hydrogens is 266 g/mol. The first kappa shape index (κ1) is 15.0. The largest absolute Gasteiger partial charge is 0.478 e. The molecule has 4 heteroatoms. The fraction of sp³-hybridized carbons (Fsp3) is 0.294. The van der Waals surface area contributed by atoms with Gasteiger partial charge in [0.2, 0.25) is 0 Å². The second-order valence-electron chi connectivity index (χ2n) is 6.13. The van der Waals surface area contributed by atoms with Gasteiger partial charge in [-0.15, -0.1) is 0 Å². The van der Waals surface area contributed by atoms with Crippen molar-refractivity contribution in [2.24, 2.45) is 0 Å². The Hall–Kier alpha value is -2.36. The van der Waals surface area contributed by atoms with E-state index >= 15 is 0 Å². The van der Waals surface area contributed by atoms with Gasteiger partial charge in [0.15, 0.2) is 0 Å². The minimum absolute atomic E-state index is 0.0133. The number of nitrogens with zero attached hydrogens (tertiary/aromatic N) is 1. The van der Waals surface area contributed by atoms with Crippen LogP contribution in [0.3, 0.4) is 0 Å². The van der Waals surface area contributed by atoms with Gasteiger partial charge in [-0.25, -0.2) is 4.79 Å². The van der Waals surface area contributed by atoms with E-state index in [1.54, 1.807) is 0 Å². The predicted molar refractivity (Wildman–Crippen MR) is 81.9 cm³/mol. The highest BCUT2D eigenvalue weighted by atomic mass is 16.4. The van der Waals surface area contributed by atoms with Crippen LogP contribution in [0, 0.1) is 0 Å². The maximum atomic E-state index is 11.9. The van der Waals surface area contributed by atoms with Crippen molar-refractivity contribution in [3.63, 3.8) is 0 Å². The lowest BCUT2D eigenvalue weighted by Gasteiger charge is -2.19. The average Bonchev–Trinajstić information content (AvgIpc) is 2.40. The summed E-state index contributed by atoms with van der Waals surface area (Å²) in [5, 5.41) is 8.85. The minimum Gasteiger partial charge on any atom is -0.478 e. The molecule has 0 unspecified atom stereocenters. The molecule has 0 atom stereocenters. The zero-order valence-corrected chi connectivity index (χ0v) is 12.5. The number of carboxylic acid groups (broad SMARTS) is 1. The summed E-state index contributed by atoms with van der Waals surface area (Å²) < 4.78 is 1.50. The summed E-state index contributed by atoms with van der Waals surface area (Å²) in [6.07, 6.45) is 1.52. The molecule has 1 aromatic heterocycles. The first-order valence-corrected chi connectivity index (χ1v) is 6.80. The van der Waals surface area contributed by atoms with Gasteiger partial charge < -0.3 is 9.67 Å². The molecule has 4 nitrogen and oxygen atoms in total. The number of benzene rings is 1. The minimum atomic E-state index is -1.09. The standard InChI is InChI=1S/C17H19NO3/c1-17(2,3)14-6-4-12(5-7-14)11-18-9-8-13(16(20)21)10-15(18)19/h4-10H,11H2,1-3H3,(H,20,21). The van der Waals surface area contributed by atoms with Gasteiger partial charge >= 0.3 is 5.97 Å². The highest BCUT2D eigenvalue weighted by Crippen LogP contribution is 2.22. The Morgan fingerprint density at radius 1 is 1.14 bits per heavy atom. The summed E-state index contributed by atoms with van der Waals surface area (Å²) in [5.74, 6) is -1.09. The molecule has 0 aliphatic carbocycles. The molecule has 2 rings (SSSR count). The molecular formula is C17H19NO3. The van der Waals surface area contributed by atoms with Crippen molar-refractivity contribution in [2.75, 3.05) is 0 Å². The third-order valence-electron chi connectivity index (χ3n) is 3.42. The molecule has 21 heavy (non-hydrogen) atoms. The summed E-state index contributed by atoms with van der Waals surface area (Å²) in [6.45, 7) is 6.88. The smallest absolute Gasteiger partial charge is 0.335 e. The molecule has 1 heterocycles. The van der Waals surface area contributed by atoms with E-state index in [-0.39, 0.29) is 16.5 Å². The van der Waals surface area contributed by atoms with Crippen molar-refractivity contribution >= 4 is 5.97 Å². The van der Waals surface area contributed by atoms with Gasteiger partial charge in [-0.1, -0.05) is 45.0 Å². The molecule has 0 aliphatic heterocycles. The number of aromatic carboxylic acids is 1. The number of hydrogen-bond acceptors (Lipinski definition) is 2. The van der Waals surface area contributed by atoms with Crippen LogP contribution in [-0.4, -0.2) is 15.6 Å². The molecule has 2 aromatic rings. The van der Waals surface area contributed by atoms with Gasteiger partial charge in [0.1, 0.15) is 0 Å². The van der Waals surface area contributed by atoms with E-state index in [4.69, 9.17) is 5.11 Å². The second kappa shape index (κ2) is 5.56. The van der Waals surface area contributed by atoms with Gasteiger partial charge in [0, 0.05) is 12.3 Å². The second-order valence-corrected chi connectivity index (χ2v) is 6.13. The van der Waals surface area contributed by atoms with Crippen LogP contribution in [0.5, 0.6) is 0 Å². The number of carboxylic acids is 1. The molecule has 0 saturated carbocycles. The Morgan fingerprint density at radius 3 is 2.24 bits per heavy atom. The first-order chi connectivity index (χ1) is 9.77. The number of aromatic nitrogens is 1. The molecule has 0 radical (unpaired) electrons. The van der Waals surface area contributed by atoms with Crippen molar-refractivity contribution in [3.8, 4) is 0 Å². The lowest BCUT2D eigenvalue weighted by molar-refractivity contribution is 0.0696. The Kier molecular flexibility index (Phi) is 3.98. The van der Waals surface area contributed by atoms with Crippen molar-refractivity contribution < 1.29 is 9.90 Å². The van der Waals surface area contributed by atoms with Gasteiger partial charge in [-0.3, -0.25) is 4.79 Å². The van der Waals surface area contributed by atoms with E-state index in [9.17, 15) is 9.59 Å². The molecule has 0 bridgehead atoms. The van der Waals surface area contributed by atoms with E-state index in [1.165, 1.54) is 22.4 Å². The summed E-state index contributed by atoms with van der Waals surface area (Å²) in [5.41, 5.74) is 2.04. The van der Waals surface area contributed by atoms with Crippen LogP contribution >= 0.6 is 0 Å². The molecule has 1 aromatic carbocycles. The quantitative estimate of drug-likeness (QED) is 0.943. The Balaban J connectivity index is 2.23. The molecule has 0 saturated heterocycles. The van der Waals surface area contributed by atoms with Crippen LogP contribution in [0.15, 0.2) is 47.4 Å². The van der Waals surface area contributed by atoms with Crippen molar-refractivity contribution in [1.29, 1.82) is 0 Å². The maximum Gasteiger partial charge on any atom is 0.335 e. The van der Waals surface area contributed by atoms with Crippen molar-refractivity contribution in [3.05, 3.63) is 69.6 Å². The zero-order chi connectivity index (χ0) is 15.6. The zero-order valence-electron chi connectivity index (χ0n) is 12.5. The van der Waals surface area contributed by atoms with E-state index in [0.717, 1.165) is 11.6 Å². The van der Waals surface area contributed by atoms with Gasteiger partial charge in [-0.2, -0.15) is 0 Å². The van der Waals surface area contributed by atoms with Crippen molar-refractivity contribution in [2.45, 2.75) is 32.7 Å². The van der Waals surface area contributed by atoms with Crippen molar-refractivity contribution in [1.82, 2.24) is 4.57 Å². The van der Waals surface area contributed by atoms with E-state index < -0.39 is 5.97 Å². The average molecular weight is 285 g/mol. The Labute approximate surface area is 123 Å². The van der Waals surface area contributed by atoms with Crippen LogP contribution in [0.4, 0.5) is 0 Å². The molecule has 110 valence electrons. The molecule has 0 aliphatic rings. The third kappa shape index (κ3) is 3.60. The third-order valence-corrected chi connectivity index (χ3v) is 3.42. The van der Waals surface area contributed by atoms with Crippen LogP contribution < -0.4 is 5.56 Å². The summed E-state index contributed by atoms with van der Waals surface area (Å²) >= 11 is 0. The lowest BCUT2D eigenvalue weighted by Crippen LogP contribution is -2.21. The summed E-state index contributed by atoms with van der Waals surface area (Å²) in [6, 6.07) is 10.7. The predicted octanol–water partition coefficient (Wildman–Crippen LogP) is 2.89. The molecule has 0 spiro atoms. The molecule has 1 N–H and O–H groups in total. The molecule has 0 amide bonds. The Bertz CT molecular complexity index is 706. The number of hydrogen-bond donors (Lipinski definition) is 1. The maximum absolute atomic E-state index is 11.9. The number of pyridine rings is 1. The monoisotopic (exact) mass is 285 g/mol. The van der Waals surface area contributed by atoms with E-state index in [1.807, 2.05) is 12.1 Å². The highest BCUT2D eigenvalue weighted by molar-refractivity contribution is 5.87. The fourth-order valence-corrected chi connectivity index (χ4v) is 2.08. The summed E-state index contributed by atoms with van der Waals surface area (Å²) in [4.78, 5) is 22.7. The number of rotatable bonds is 3. The van der Waals surface area contributed by atoms with E-state index in [0.29, 0.717) is 6.54 Å². The van der Waals surface area contributed by atoms with Crippen LogP contribution in [0.1, 0.15) is 42.3 Å². The molecule has 0 fully saturated rings. The van der Waals surface area contributed by atoms with Gasteiger partial charge in [0.25, 0.3) is 5.56 Å². The number of carbonyl (C=O) groups is 1. The van der Waals surface area contributed by atoms with Crippen LogP contribution in [0.2, 0.25) is 0 Å². The van der Waals surface area contributed by atoms with Gasteiger partial charge in [-0.05, 0) is 22.6 Å². The van der Waals surface area contributed by atoms with E-state index in [2.05, 4.69) is 32.9 Å². The topological polar surface area (TPSA) is 59.3 Å². The first-order valence-electron chi connectivity index (χ1n) is 6.80. The van der Waals surface area contributed by atoms with Gasteiger partial charge in [0.05, 0.1) is 12.1 Å². The fourth-order valence-electron chi connectivity index (χ4n) is 2.08. The van der Waals surface area contributed by atoms with Crippen LogP contribution in [-0.2, 0) is 12.0 Å². The lowest BCUT2D eigenvalue weighted by atomic mass is 9.87. The van der Waals surface area contributed by atoms with Crippen LogP contribution in [0.25, 0.3) is 0 Å².